The number of fused-ring (bicyclic) bond motifs is 1. The van der Waals surface area contributed by atoms with Crippen molar-refractivity contribution in [2.24, 2.45) is 0 Å². The molecule has 37 heavy (non-hydrogen) atoms. The molecule has 1 aromatic heterocycles. The first kappa shape index (κ1) is 24.6. The summed E-state index contributed by atoms with van der Waals surface area (Å²) in [6.07, 6.45) is 2.29. The molecule has 0 fully saturated rings. The van der Waals surface area contributed by atoms with Crippen LogP contribution in [0.4, 0.5) is 15.6 Å². The van der Waals surface area contributed by atoms with Crippen LogP contribution in [-0.4, -0.2) is 41.2 Å². The zero-order valence-electron chi connectivity index (χ0n) is 19.8. The van der Waals surface area contributed by atoms with Gasteiger partial charge >= 0.3 is 6.03 Å². The summed E-state index contributed by atoms with van der Waals surface area (Å²) in [5.74, 6) is 0.916. The number of amides is 3. The number of nitrogens with zero attached hydrogens (tertiary/aromatic N) is 2. The van der Waals surface area contributed by atoms with Gasteiger partial charge in [0.15, 0.2) is 11.5 Å². The number of carbonyl (C=O) groups is 2. The average Bonchev–Trinajstić information content (AvgIpc) is 3.58. The maximum Gasteiger partial charge on any atom is 0.319 e. The van der Waals surface area contributed by atoms with Crippen LogP contribution >= 0.6 is 23.1 Å². The highest BCUT2D eigenvalue weighted by atomic mass is 32.2. The molecule has 5 rings (SSSR count). The normalized spacial score (nSPS) is 12.6. The van der Waals surface area contributed by atoms with Crippen LogP contribution in [0, 0.1) is 0 Å². The Morgan fingerprint density at radius 1 is 0.973 bits per heavy atom. The Bertz CT molecular complexity index is 1400. The third-order valence-electron chi connectivity index (χ3n) is 5.53. The Morgan fingerprint density at radius 3 is 2.54 bits per heavy atom. The van der Waals surface area contributed by atoms with Crippen LogP contribution in [-0.2, 0) is 11.2 Å². The molecule has 9 nitrogen and oxygen atoms in total. The Balaban J connectivity index is 1.28. The molecule has 3 aromatic carbocycles. The van der Waals surface area contributed by atoms with E-state index in [-0.39, 0.29) is 6.79 Å². The molecule has 0 spiro atoms. The van der Waals surface area contributed by atoms with Gasteiger partial charge in [-0.3, -0.25) is 10.1 Å². The number of anilines is 2. The fourth-order valence-corrected chi connectivity index (χ4v) is 4.82. The summed E-state index contributed by atoms with van der Waals surface area (Å²) in [6, 6.07) is 21.1. The van der Waals surface area contributed by atoms with Gasteiger partial charge in [0.25, 0.3) is 0 Å². The van der Waals surface area contributed by atoms with Crippen LogP contribution in [0.1, 0.15) is 5.56 Å². The second-order valence-corrected chi connectivity index (χ2v) is 9.90. The monoisotopic (exact) mass is 533 g/mol. The first-order valence-corrected chi connectivity index (χ1v) is 13.4. The number of benzene rings is 3. The third kappa shape index (κ3) is 6.19. The highest BCUT2D eigenvalue weighted by Gasteiger charge is 2.23. The summed E-state index contributed by atoms with van der Waals surface area (Å²) in [6.45, 7) is 0.183. The molecule has 2 heterocycles. The fourth-order valence-electron chi connectivity index (χ4n) is 3.67. The Hall–Kier alpha value is -4.09. The number of hydrogen-bond donors (Lipinski definition) is 3. The van der Waals surface area contributed by atoms with E-state index in [4.69, 9.17) is 9.47 Å². The van der Waals surface area contributed by atoms with E-state index < -0.39 is 18.0 Å². The molecule has 0 radical (unpaired) electrons. The Labute approximate surface area is 221 Å². The van der Waals surface area contributed by atoms with Crippen LogP contribution in [0.5, 0.6) is 11.5 Å². The van der Waals surface area contributed by atoms with Crippen molar-refractivity contribution in [1.29, 1.82) is 0 Å². The lowest BCUT2D eigenvalue weighted by Crippen LogP contribution is -2.46. The topological polar surface area (TPSA) is 114 Å². The molecular weight excluding hydrogens is 510 g/mol. The number of hydrogen-bond acceptors (Lipinski definition) is 8. The maximum atomic E-state index is 13.2. The minimum Gasteiger partial charge on any atom is -0.454 e. The van der Waals surface area contributed by atoms with E-state index >= 15 is 0 Å². The van der Waals surface area contributed by atoms with Gasteiger partial charge in [0.2, 0.25) is 17.8 Å². The molecule has 3 N–H and O–H groups in total. The molecule has 0 saturated carbocycles. The van der Waals surface area contributed by atoms with Crippen molar-refractivity contribution in [1.82, 2.24) is 15.5 Å². The van der Waals surface area contributed by atoms with Gasteiger partial charge in [0, 0.05) is 22.6 Å². The van der Waals surface area contributed by atoms with Gasteiger partial charge in [-0.2, -0.15) is 0 Å². The first-order valence-electron chi connectivity index (χ1n) is 11.4. The molecule has 0 saturated heterocycles. The van der Waals surface area contributed by atoms with Crippen molar-refractivity contribution in [2.75, 3.05) is 23.7 Å². The van der Waals surface area contributed by atoms with Crippen LogP contribution in [0.15, 0.2) is 77.7 Å². The summed E-state index contributed by atoms with van der Waals surface area (Å²) in [7, 11) is 0. The molecule has 1 atom stereocenters. The molecule has 11 heteroatoms. The number of nitrogens with one attached hydrogen (secondary N) is 3. The largest absolute Gasteiger partial charge is 0.454 e. The molecule has 0 bridgehead atoms. The predicted octanol–water partition coefficient (Wildman–Crippen LogP) is 5.03. The summed E-state index contributed by atoms with van der Waals surface area (Å²) >= 11 is 2.84. The van der Waals surface area contributed by atoms with Crippen LogP contribution in [0.3, 0.4) is 0 Å². The Kier molecular flexibility index (Phi) is 7.52. The average molecular weight is 534 g/mol. The lowest BCUT2D eigenvalue weighted by molar-refractivity contribution is -0.117. The summed E-state index contributed by atoms with van der Waals surface area (Å²) < 4.78 is 10.8. The van der Waals surface area contributed by atoms with Gasteiger partial charge in [-0.15, -0.1) is 22.0 Å². The van der Waals surface area contributed by atoms with Gasteiger partial charge < -0.3 is 20.1 Å². The van der Waals surface area contributed by atoms with E-state index in [0.29, 0.717) is 33.7 Å². The van der Waals surface area contributed by atoms with E-state index in [0.717, 1.165) is 16.0 Å². The molecule has 1 aliphatic rings. The van der Waals surface area contributed by atoms with Crippen LogP contribution in [0.25, 0.3) is 10.6 Å². The quantitative estimate of drug-likeness (QED) is 0.272. The second kappa shape index (κ2) is 11.3. The molecule has 1 aliphatic heterocycles. The number of ether oxygens (including phenoxy) is 2. The number of thioether (sulfide) groups is 1. The molecule has 0 unspecified atom stereocenters. The van der Waals surface area contributed by atoms with E-state index in [2.05, 4.69) is 26.1 Å². The lowest BCUT2D eigenvalue weighted by Gasteiger charge is -2.18. The minimum absolute atomic E-state index is 0.183. The van der Waals surface area contributed by atoms with Gasteiger partial charge in [0.05, 0.1) is 0 Å². The van der Waals surface area contributed by atoms with Crippen molar-refractivity contribution in [2.45, 2.75) is 17.4 Å². The number of rotatable bonds is 8. The van der Waals surface area contributed by atoms with Crippen molar-refractivity contribution in [3.8, 4) is 22.1 Å². The molecule has 188 valence electrons. The van der Waals surface area contributed by atoms with Crippen molar-refractivity contribution < 1.29 is 19.1 Å². The zero-order valence-corrected chi connectivity index (χ0v) is 21.4. The molecule has 0 aliphatic carbocycles. The summed E-state index contributed by atoms with van der Waals surface area (Å²) in [4.78, 5) is 27.1. The van der Waals surface area contributed by atoms with E-state index in [1.807, 2.05) is 79.1 Å². The van der Waals surface area contributed by atoms with Crippen LogP contribution in [0.2, 0.25) is 0 Å². The van der Waals surface area contributed by atoms with Gasteiger partial charge in [-0.1, -0.05) is 41.7 Å². The standard InChI is InChI=1S/C26H23N5O4S2/c1-36-19-10-8-18(9-11-19)27-25(33)28-20(13-16-5-3-2-4-6-16)23(32)29-26-31-30-24(37-26)17-7-12-21-22(14-17)35-15-34-21/h2-12,14,20H,13,15H2,1H3,(H2,27,28,33)(H,29,31,32)/t20-/m1/s1. The number of aromatic nitrogens is 2. The molecule has 3 amide bonds. The van der Waals surface area contributed by atoms with Gasteiger partial charge in [-0.05, 0) is 54.3 Å². The van der Waals surface area contributed by atoms with Crippen molar-refractivity contribution in [3.63, 3.8) is 0 Å². The third-order valence-corrected chi connectivity index (χ3v) is 7.16. The number of urea groups is 1. The van der Waals surface area contributed by atoms with Crippen molar-refractivity contribution >= 4 is 45.9 Å². The SMILES string of the molecule is CSc1ccc(NC(=O)N[C@H](Cc2ccccc2)C(=O)Nc2nnc(-c3ccc4c(c3)OCO4)s2)cc1. The lowest BCUT2D eigenvalue weighted by atomic mass is 10.1. The first-order chi connectivity index (χ1) is 18.1. The Morgan fingerprint density at radius 2 is 1.76 bits per heavy atom. The highest BCUT2D eigenvalue weighted by molar-refractivity contribution is 7.98. The number of carbonyl (C=O) groups excluding carboxylic acids is 2. The van der Waals surface area contributed by atoms with Crippen molar-refractivity contribution in [3.05, 3.63) is 78.4 Å². The smallest absolute Gasteiger partial charge is 0.319 e. The summed E-state index contributed by atoms with van der Waals surface area (Å²) in [5, 5.41) is 17.6. The fraction of sp³-hybridized carbons (Fsp3) is 0.154. The zero-order chi connectivity index (χ0) is 25.6. The molecule has 4 aromatic rings. The van der Waals surface area contributed by atoms with Gasteiger partial charge in [0.1, 0.15) is 11.0 Å². The maximum absolute atomic E-state index is 13.2. The summed E-state index contributed by atoms with van der Waals surface area (Å²) in [5.41, 5.74) is 2.34. The van der Waals surface area contributed by atoms with Gasteiger partial charge in [-0.25, -0.2) is 4.79 Å². The highest BCUT2D eigenvalue weighted by Crippen LogP contribution is 2.37. The van der Waals surface area contributed by atoms with E-state index in [1.54, 1.807) is 11.8 Å². The van der Waals surface area contributed by atoms with E-state index in [1.165, 1.54) is 11.3 Å². The molecular formula is C26H23N5O4S2. The minimum atomic E-state index is -0.842. The second-order valence-electron chi connectivity index (χ2n) is 8.04. The predicted molar refractivity (Wildman–Crippen MR) is 144 cm³/mol. The van der Waals surface area contributed by atoms with E-state index in [9.17, 15) is 9.59 Å². The van der Waals surface area contributed by atoms with Crippen LogP contribution < -0.4 is 25.4 Å².